The first kappa shape index (κ1) is 17.8. The van der Waals surface area contributed by atoms with Crippen LogP contribution in [0, 0.1) is 18.3 Å². The van der Waals surface area contributed by atoms with Gasteiger partial charge in [0.2, 0.25) is 17.7 Å². The molecular weight excluding hydrogens is 368 g/mol. The molecule has 1 saturated heterocycles. The Labute approximate surface area is 168 Å². The molecule has 1 aromatic carbocycles. The fourth-order valence-electron chi connectivity index (χ4n) is 4.16. The molecular formula is C21H22N6O2. The Morgan fingerprint density at radius 2 is 2.07 bits per heavy atom. The second kappa shape index (κ2) is 6.64. The first-order chi connectivity index (χ1) is 14.1. The van der Waals surface area contributed by atoms with Gasteiger partial charge in [0.05, 0.1) is 29.8 Å². The fourth-order valence-corrected chi connectivity index (χ4v) is 4.16. The zero-order chi connectivity index (χ0) is 20.1. The van der Waals surface area contributed by atoms with Gasteiger partial charge in [0, 0.05) is 18.8 Å². The van der Waals surface area contributed by atoms with Gasteiger partial charge in [-0.15, -0.1) is 0 Å². The van der Waals surface area contributed by atoms with Gasteiger partial charge in [-0.25, -0.2) is 4.68 Å². The van der Waals surface area contributed by atoms with Gasteiger partial charge in [-0.1, -0.05) is 12.1 Å². The standard InChI is InChI=1S/C21H22N6O2/c1-12-18-19(13-2-4-14(5-3-13)26-9-8-24-11-17(26)28)16(10-22)20(23)29-21(18)27(25-12)15-6-7-15/h2-5,15,19,24H,6-9,11,23H2,1H3. The molecule has 3 aliphatic rings. The monoisotopic (exact) mass is 390 g/mol. The minimum absolute atomic E-state index is 0.0563. The molecule has 0 bridgehead atoms. The number of anilines is 1. The molecule has 148 valence electrons. The van der Waals surface area contributed by atoms with Crippen molar-refractivity contribution in [1.29, 1.82) is 5.26 Å². The molecule has 2 fully saturated rings. The van der Waals surface area contributed by atoms with Gasteiger partial charge in [0.25, 0.3) is 0 Å². The van der Waals surface area contributed by atoms with Crippen LogP contribution in [-0.2, 0) is 4.79 Å². The highest BCUT2D eigenvalue weighted by molar-refractivity contribution is 5.95. The largest absolute Gasteiger partial charge is 0.422 e. The zero-order valence-electron chi connectivity index (χ0n) is 16.2. The smallest absolute Gasteiger partial charge is 0.240 e. The first-order valence-electron chi connectivity index (χ1n) is 9.86. The number of piperazine rings is 1. The Hall–Kier alpha value is -3.31. The van der Waals surface area contributed by atoms with Crippen LogP contribution in [0.4, 0.5) is 5.69 Å². The summed E-state index contributed by atoms with van der Waals surface area (Å²) < 4.78 is 7.76. The molecule has 2 aliphatic heterocycles. The highest BCUT2D eigenvalue weighted by Crippen LogP contribution is 2.48. The Kier molecular flexibility index (Phi) is 4.07. The number of hydrogen-bond acceptors (Lipinski definition) is 6. The number of fused-ring (bicyclic) bond motifs is 1. The topological polar surface area (TPSA) is 109 Å². The van der Waals surface area contributed by atoms with Crippen LogP contribution < -0.4 is 20.7 Å². The molecule has 1 aromatic heterocycles. The van der Waals surface area contributed by atoms with Crippen LogP contribution in [0.5, 0.6) is 5.88 Å². The van der Waals surface area contributed by atoms with Crippen molar-refractivity contribution < 1.29 is 9.53 Å². The van der Waals surface area contributed by atoms with Gasteiger partial charge in [-0.2, -0.15) is 10.4 Å². The van der Waals surface area contributed by atoms with Gasteiger partial charge in [0.1, 0.15) is 11.6 Å². The second-order valence-electron chi connectivity index (χ2n) is 7.72. The summed E-state index contributed by atoms with van der Waals surface area (Å²) in [6.45, 7) is 3.71. The van der Waals surface area contributed by atoms with Crippen molar-refractivity contribution in [3.63, 3.8) is 0 Å². The number of allylic oxidation sites excluding steroid dienone is 1. The van der Waals surface area contributed by atoms with E-state index < -0.39 is 0 Å². The minimum Gasteiger partial charge on any atom is -0.422 e. The number of nitriles is 1. The Morgan fingerprint density at radius 1 is 1.31 bits per heavy atom. The quantitative estimate of drug-likeness (QED) is 0.825. The molecule has 3 N–H and O–H groups in total. The maximum atomic E-state index is 12.2. The molecule has 0 spiro atoms. The summed E-state index contributed by atoms with van der Waals surface area (Å²) in [5.41, 5.74) is 10.0. The van der Waals surface area contributed by atoms with E-state index in [9.17, 15) is 10.1 Å². The van der Waals surface area contributed by atoms with Gasteiger partial charge >= 0.3 is 0 Å². The molecule has 1 amide bonds. The van der Waals surface area contributed by atoms with E-state index in [1.807, 2.05) is 35.9 Å². The van der Waals surface area contributed by atoms with Crippen molar-refractivity contribution >= 4 is 11.6 Å². The molecule has 8 heteroatoms. The van der Waals surface area contributed by atoms with Gasteiger partial charge in [0.15, 0.2) is 0 Å². The van der Waals surface area contributed by atoms with Crippen molar-refractivity contribution in [2.24, 2.45) is 5.73 Å². The zero-order valence-corrected chi connectivity index (χ0v) is 16.2. The maximum absolute atomic E-state index is 12.2. The lowest BCUT2D eigenvalue weighted by Crippen LogP contribution is -2.48. The van der Waals surface area contributed by atoms with E-state index in [1.165, 1.54) is 0 Å². The van der Waals surface area contributed by atoms with Crippen molar-refractivity contribution in [3.05, 3.63) is 52.5 Å². The average molecular weight is 390 g/mol. The number of amides is 1. The van der Waals surface area contributed by atoms with Crippen LogP contribution in [0.15, 0.2) is 35.7 Å². The lowest BCUT2D eigenvalue weighted by atomic mass is 9.84. The molecule has 2 aromatic rings. The maximum Gasteiger partial charge on any atom is 0.240 e. The molecule has 1 aliphatic carbocycles. The van der Waals surface area contributed by atoms with Crippen molar-refractivity contribution in [3.8, 4) is 11.9 Å². The van der Waals surface area contributed by atoms with Crippen LogP contribution in [-0.4, -0.2) is 35.3 Å². The number of carbonyl (C=O) groups excluding carboxylic acids is 1. The van der Waals surface area contributed by atoms with Crippen LogP contribution in [0.1, 0.15) is 41.6 Å². The normalized spacial score (nSPS) is 21.6. The third-order valence-electron chi connectivity index (χ3n) is 5.78. The summed E-state index contributed by atoms with van der Waals surface area (Å²) >= 11 is 0. The number of benzene rings is 1. The molecule has 1 saturated carbocycles. The van der Waals surface area contributed by atoms with Gasteiger partial charge in [-0.05, 0) is 37.5 Å². The van der Waals surface area contributed by atoms with Gasteiger partial charge < -0.3 is 20.7 Å². The molecule has 1 atom stereocenters. The molecule has 5 rings (SSSR count). The number of nitrogens with two attached hydrogens (primary N) is 1. The molecule has 29 heavy (non-hydrogen) atoms. The second-order valence-corrected chi connectivity index (χ2v) is 7.72. The summed E-state index contributed by atoms with van der Waals surface area (Å²) in [6.07, 6.45) is 2.15. The third-order valence-corrected chi connectivity index (χ3v) is 5.78. The summed E-state index contributed by atoms with van der Waals surface area (Å²) in [6, 6.07) is 10.4. The van der Waals surface area contributed by atoms with E-state index in [0.717, 1.165) is 41.9 Å². The van der Waals surface area contributed by atoms with Crippen LogP contribution in [0.3, 0.4) is 0 Å². The third kappa shape index (κ3) is 2.86. The SMILES string of the molecule is Cc1nn(C2CC2)c2c1C(c1ccc(N3CCNCC3=O)cc1)C(C#N)=C(N)O2. The van der Waals surface area contributed by atoms with Crippen molar-refractivity contribution in [2.75, 3.05) is 24.5 Å². The predicted octanol–water partition coefficient (Wildman–Crippen LogP) is 1.68. The number of nitrogens with one attached hydrogen (secondary N) is 1. The molecule has 8 nitrogen and oxygen atoms in total. The van der Waals surface area contributed by atoms with Crippen molar-refractivity contribution in [1.82, 2.24) is 15.1 Å². The Bertz CT molecular complexity index is 1060. The Balaban J connectivity index is 1.56. The average Bonchev–Trinajstić information content (AvgIpc) is 3.52. The first-order valence-corrected chi connectivity index (χ1v) is 9.86. The summed E-state index contributed by atoms with van der Waals surface area (Å²) in [5.74, 6) is 0.505. The van der Waals surface area contributed by atoms with Crippen LogP contribution in [0.25, 0.3) is 0 Å². The van der Waals surface area contributed by atoms with E-state index in [2.05, 4.69) is 16.5 Å². The number of carbonyl (C=O) groups is 1. The lowest BCUT2D eigenvalue weighted by Gasteiger charge is -2.28. The van der Waals surface area contributed by atoms with Gasteiger partial charge in [-0.3, -0.25) is 4.79 Å². The van der Waals surface area contributed by atoms with Crippen molar-refractivity contribution in [2.45, 2.75) is 31.7 Å². The number of aryl methyl sites for hydroxylation is 1. The van der Waals surface area contributed by atoms with Crippen LogP contribution in [0.2, 0.25) is 0 Å². The van der Waals surface area contributed by atoms with E-state index in [1.54, 1.807) is 4.90 Å². The molecule has 3 heterocycles. The number of rotatable bonds is 3. The molecule has 1 unspecified atom stereocenters. The predicted molar refractivity (Wildman–Crippen MR) is 106 cm³/mol. The highest BCUT2D eigenvalue weighted by atomic mass is 16.5. The lowest BCUT2D eigenvalue weighted by molar-refractivity contribution is -0.118. The number of hydrogen-bond donors (Lipinski definition) is 2. The minimum atomic E-state index is -0.330. The summed E-state index contributed by atoms with van der Waals surface area (Å²) in [4.78, 5) is 14.0. The Morgan fingerprint density at radius 3 is 2.72 bits per heavy atom. The van der Waals surface area contributed by atoms with Crippen LogP contribution >= 0.6 is 0 Å². The molecule has 0 radical (unpaired) electrons. The number of nitrogens with zero attached hydrogens (tertiary/aromatic N) is 4. The summed E-state index contributed by atoms with van der Waals surface area (Å²) in [5, 5.41) is 17.5. The number of aromatic nitrogens is 2. The van der Waals surface area contributed by atoms with E-state index in [-0.39, 0.29) is 17.7 Å². The number of ether oxygens (including phenoxy) is 1. The summed E-state index contributed by atoms with van der Waals surface area (Å²) in [7, 11) is 0. The van der Waals surface area contributed by atoms with E-state index in [0.29, 0.717) is 30.6 Å². The fraction of sp³-hybridized carbons (Fsp3) is 0.381. The van der Waals surface area contributed by atoms with E-state index in [4.69, 9.17) is 10.5 Å². The van der Waals surface area contributed by atoms with E-state index >= 15 is 0 Å². The highest BCUT2D eigenvalue weighted by Gasteiger charge is 2.39.